The highest BCUT2D eigenvalue weighted by Gasteiger charge is 2.25. The van der Waals surface area contributed by atoms with E-state index in [0.717, 1.165) is 0 Å². The summed E-state index contributed by atoms with van der Waals surface area (Å²) in [7, 11) is 1.63. The molecule has 0 aliphatic rings. The lowest BCUT2D eigenvalue weighted by Crippen LogP contribution is -2.39. The van der Waals surface area contributed by atoms with Gasteiger partial charge in [-0.25, -0.2) is 4.79 Å². The van der Waals surface area contributed by atoms with E-state index in [1.165, 1.54) is 4.90 Å². The molecule has 0 aromatic heterocycles. The maximum atomic E-state index is 11.5. The van der Waals surface area contributed by atoms with Gasteiger partial charge in [-0.2, -0.15) is 5.26 Å². The van der Waals surface area contributed by atoms with Crippen molar-refractivity contribution in [3.63, 3.8) is 0 Å². The van der Waals surface area contributed by atoms with Crippen LogP contribution in [0.2, 0.25) is 0 Å². The fraction of sp³-hybridized carbons (Fsp3) is 0.818. The van der Waals surface area contributed by atoms with Crippen LogP contribution in [0.3, 0.4) is 0 Å². The van der Waals surface area contributed by atoms with Gasteiger partial charge < -0.3 is 9.64 Å². The SMILES string of the molecule is CN(CC(C)(C)C#N)C(=O)OC(C)(C)C. The van der Waals surface area contributed by atoms with Crippen molar-refractivity contribution in [3.8, 4) is 6.07 Å². The second kappa shape index (κ2) is 4.52. The third-order valence-corrected chi connectivity index (χ3v) is 1.64. The summed E-state index contributed by atoms with van der Waals surface area (Å²) in [5.41, 5.74) is -1.05. The largest absolute Gasteiger partial charge is 0.444 e. The third kappa shape index (κ3) is 5.95. The second-order valence-corrected chi connectivity index (χ2v) is 5.33. The Morgan fingerprint density at radius 3 is 2.13 bits per heavy atom. The van der Waals surface area contributed by atoms with Crippen LogP contribution in [-0.4, -0.2) is 30.2 Å². The van der Waals surface area contributed by atoms with E-state index in [0.29, 0.717) is 6.54 Å². The maximum absolute atomic E-state index is 11.5. The summed E-state index contributed by atoms with van der Waals surface area (Å²) in [4.78, 5) is 13.0. The van der Waals surface area contributed by atoms with E-state index in [-0.39, 0.29) is 0 Å². The molecule has 0 saturated carbocycles. The number of carbonyl (C=O) groups excluding carboxylic acids is 1. The summed E-state index contributed by atoms with van der Waals surface area (Å²) < 4.78 is 5.17. The van der Waals surface area contributed by atoms with Crippen molar-refractivity contribution in [1.82, 2.24) is 4.90 Å². The molecule has 0 rings (SSSR count). The van der Waals surface area contributed by atoms with Crippen LogP contribution >= 0.6 is 0 Å². The molecular formula is C11H20N2O2. The van der Waals surface area contributed by atoms with E-state index in [1.54, 1.807) is 20.9 Å². The Balaban J connectivity index is 4.31. The van der Waals surface area contributed by atoms with Crippen molar-refractivity contribution < 1.29 is 9.53 Å². The molecule has 0 atom stereocenters. The van der Waals surface area contributed by atoms with Crippen LogP contribution in [0.15, 0.2) is 0 Å². The van der Waals surface area contributed by atoms with Crippen LogP contribution in [0.25, 0.3) is 0 Å². The number of nitriles is 1. The highest BCUT2D eigenvalue weighted by molar-refractivity contribution is 5.67. The number of ether oxygens (including phenoxy) is 1. The quantitative estimate of drug-likeness (QED) is 0.706. The van der Waals surface area contributed by atoms with Gasteiger partial charge >= 0.3 is 6.09 Å². The number of nitrogens with zero attached hydrogens (tertiary/aromatic N) is 2. The van der Waals surface area contributed by atoms with E-state index < -0.39 is 17.1 Å². The van der Waals surface area contributed by atoms with Crippen molar-refractivity contribution in [2.45, 2.75) is 40.2 Å². The molecule has 0 bridgehead atoms. The van der Waals surface area contributed by atoms with Gasteiger partial charge in [-0.15, -0.1) is 0 Å². The number of amides is 1. The van der Waals surface area contributed by atoms with Gasteiger partial charge in [0.1, 0.15) is 5.60 Å². The Labute approximate surface area is 91.8 Å². The van der Waals surface area contributed by atoms with Crippen LogP contribution in [0.4, 0.5) is 4.79 Å². The van der Waals surface area contributed by atoms with Crippen LogP contribution < -0.4 is 0 Å². The minimum absolute atomic E-state index is 0.360. The average molecular weight is 212 g/mol. The Bertz CT molecular complexity index is 271. The van der Waals surface area contributed by atoms with Crippen LogP contribution in [0.1, 0.15) is 34.6 Å². The molecule has 4 heteroatoms. The summed E-state index contributed by atoms with van der Waals surface area (Å²) in [6.07, 6.45) is -0.397. The Hall–Kier alpha value is -1.24. The molecule has 0 radical (unpaired) electrons. The number of hydrogen-bond acceptors (Lipinski definition) is 3. The zero-order valence-corrected chi connectivity index (χ0v) is 10.4. The van der Waals surface area contributed by atoms with E-state index >= 15 is 0 Å². The minimum atomic E-state index is -0.550. The molecule has 0 heterocycles. The molecule has 0 aromatic rings. The summed E-state index contributed by atoms with van der Waals surface area (Å²) in [6.45, 7) is 9.37. The molecule has 15 heavy (non-hydrogen) atoms. The van der Waals surface area contributed by atoms with Crippen LogP contribution in [0, 0.1) is 16.7 Å². The van der Waals surface area contributed by atoms with Gasteiger partial charge in [-0.1, -0.05) is 0 Å². The monoisotopic (exact) mass is 212 g/mol. The van der Waals surface area contributed by atoms with Crippen molar-refractivity contribution in [2.75, 3.05) is 13.6 Å². The molecule has 0 fully saturated rings. The number of rotatable bonds is 2. The van der Waals surface area contributed by atoms with Crippen LogP contribution in [-0.2, 0) is 4.74 Å². The molecule has 0 saturated heterocycles. The number of hydrogen-bond donors (Lipinski definition) is 0. The zero-order chi connectivity index (χ0) is 12.3. The van der Waals surface area contributed by atoms with Gasteiger partial charge in [-0.05, 0) is 34.6 Å². The molecule has 0 N–H and O–H groups in total. The second-order valence-electron chi connectivity index (χ2n) is 5.33. The molecule has 0 aromatic carbocycles. The summed E-state index contributed by atoms with van der Waals surface area (Å²) in [5.74, 6) is 0. The van der Waals surface area contributed by atoms with Crippen molar-refractivity contribution >= 4 is 6.09 Å². The molecule has 0 unspecified atom stereocenters. The Morgan fingerprint density at radius 1 is 1.33 bits per heavy atom. The highest BCUT2D eigenvalue weighted by Crippen LogP contribution is 2.16. The summed E-state index contributed by atoms with van der Waals surface area (Å²) >= 11 is 0. The van der Waals surface area contributed by atoms with Crippen molar-refractivity contribution in [1.29, 1.82) is 5.26 Å². The molecule has 0 aliphatic heterocycles. The predicted octanol–water partition coefficient (Wildman–Crippen LogP) is 2.40. The topological polar surface area (TPSA) is 53.3 Å². The zero-order valence-electron chi connectivity index (χ0n) is 10.4. The van der Waals surface area contributed by atoms with Crippen LogP contribution in [0.5, 0.6) is 0 Å². The lowest BCUT2D eigenvalue weighted by molar-refractivity contribution is 0.0260. The van der Waals surface area contributed by atoms with E-state index in [9.17, 15) is 4.79 Å². The first kappa shape index (κ1) is 13.8. The molecular weight excluding hydrogens is 192 g/mol. The van der Waals surface area contributed by atoms with E-state index in [2.05, 4.69) is 6.07 Å². The molecule has 0 spiro atoms. The first-order valence-corrected chi connectivity index (χ1v) is 4.93. The van der Waals surface area contributed by atoms with E-state index in [1.807, 2.05) is 20.8 Å². The summed E-state index contributed by atoms with van der Waals surface area (Å²) in [5, 5.41) is 8.83. The molecule has 86 valence electrons. The lowest BCUT2D eigenvalue weighted by atomic mass is 9.95. The lowest BCUT2D eigenvalue weighted by Gasteiger charge is -2.28. The standard InChI is InChI=1S/C11H20N2O2/c1-10(2,3)15-9(14)13(6)8-11(4,5)7-12/h8H2,1-6H3. The molecule has 1 amide bonds. The molecule has 0 aliphatic carbocycles. The van der Waals surface area contributed by atoms with E-state index in [4.69, 9.17) is 10.00 Å². The molecule has 4 nitrogen and oxygen atoms in total. The Morgan fingerprint density at radius 2 is 1.80 bits per heavy atom. The first-order chi connectivity index (χ1) is 6.57. The first-order valence-electron chi connectivity index (χ1n) is 4.93. The van der Waals surface area contributed by atoms with Gasteiger partial charge in [0.2, 0.25) is 0 Å². The van der Waals surface area contributed by atoms with Gasteiger partial charge in [-0.3, -0.25) is 0 Å². The smallest absolute Gasteiger partial charge is 0.410 e. The number of carbonyl (C=O) groups is 1. The summed E-state index contributed by atoms with van der Waals surface area (Å²) in [6, 6.07) is 2.14. The predicted molar refractivity (Wildman–Crippen MR) is 58.3 cm³/mol. The maximum Gasteiger partial charge on any atom is 0.410 e. The average Bonchev–Trinajstić information content (AvgIpc) is 2.00. The van der Waals surface area contributed by atoms with Gasteiger partial charge in [0.25, 0.3) is 0 Å². The Kier molecular flexibility index (Phi) is 4.15. The highest BCUT2D eigenvalue weighted by atomic mass is 16.6. The van der Waals surface area contributed by atoms with Crippen molar-refractivity contribution in [3.05, 3.63) is 0 Å². The fourth-order valence-corrected chi connectivity index (χ4v) is 1.03. The third-order valence-electron chi connectivity index (χ3n) is 1.64. The fourth-order valence-electron chi connectivity index (χ4n) is 1.03. The normalized spacial score (nSPS) is 11.8. The van der Waals surface area contributed by atoms with Gasteiger partial charge in [0.05, 0.1) is 11.5 Å². The van der Waals surface area contributed by atoms with Gasteiger partial charge in [0, 0.05) is 13.6 Å². The minimum Gasteiger partial charge on any atom is -0.444 e. The van der Waals surface area contributed by atoms with Gasteiger partial charge in [0.15, 0.2) is 0 Å². The van der Waals surface area contributed by atoms with Crippen molar-refractivity contribution in [2.24, 2.45) is 5.41 Å².